The minimum atomic E-state index is 0.717. The van der Waals surface area contributed by atoms with Crippen molar-refractivity contribution in [2.75, 3.05) is 6.54 Å². The van der Waals surface area contributed by atoms with E-state index in [-0.39, 0.29) is 0 Å². The Labute approximate surface area is 135 Å². The van der Waals surface area contributed by atoms with E-state index in [9.17, 15) is 0 Å². The Morgan fingerprint density at radius 2 is 1.64 bits per heavy atom. The van der Waals surface area contributed by atoms with Crippen LogP contribution in [-0.2, 0) is 12.8 Å². The quantitative estimate of drug-likeness (QED) is 0.539. The van der Waals surface area contributed by atoms with Gasteiger partial charge < -0.3 is 10.7 Å². The van der Waals surface area contributed by atoms with E-state index in [0.717, 1.165) is 13.0 Å². The van der Waals surface area contributed by atoms with E-state index in [1.54, 1.807) is 0 Å². The highest BCUT2D eigenvalue weighted by Crippen LogP contribution is 2.21. The van der Waals surface area contributed by atoms with Gasteiger partial charge in [-0.3, -0.25) is 0 Å². The summed E-state index contributed by atoms with van der Waals surface area (Å²) in [5, 5.41) is 1.36. The number of hydrogen-bond donors (Lipinski definition) is 2. The summed E-state index contributed by atoms with van der Waals surface area (Å²) in [6.07, 6.45) is 15.4. The lowest BCUT2D eigenvalue weighted by molar-refractivity contribution is 0.575. The lowest BCUT2D eigenvalue weighted by atomic mass is 10.0. The van der Waals surface area contributed by atoms with Gasteiger partial charge in [-0.15, -0.1) is 0 Å². The Morgan fingerprint density at radius 1 is 0.909 bits per heavy atom. The van der Waals surface area contributed by atoms with Crippen molar-refractivity contribution in [1.82, 2.24) is 4.98 Å². The number of aryl methyl sites for hydroxylation is 1. The third-order valence-electron chi connectivity index (χ3n) is 4.56. The molecule has 0 unspecified atom stereocenters. The maximum atomic E-state index is 5.69. The van der Waals surface area contributed by atoms with E-state index >= 15 is 0 Å². The van der Waals surface area contributed by atoms with Crippen molar-refractivity contribution in [3.05, 3.63) is 35.5 Å². The van der Waals surface area contributed by atoms with Crippen molar-refractivity contribution in [2.24, 2.45) is 5.73 Å². The molecule has 0 aliphatic carbocycles. The second-order valence-corrected chi connectivity index (χ2v) is 6.46. The maximum Gasteiger partial charge on any atom is 0.0456 e. The first-order valence-corrected chi connectivity index (χ1v) is 9.14. The molecule has 22 heavy (non-hydrogen) atoms. The van der Waals surface area contributed by atoms with Gasteiger partial charge in [-0.25, -0.2) is 0 Å². The lowest BCUT2D eigenvalue weighted by Crippen LogP contribution is -2.01. The van der Waals surface area contributed by atoms with Crippen molar-refractivity contribution < 1.29 is 0 Å². The Balaban J connectivity index is 1.73. The van der Waals surface area contributed by atoms with Crippen LogP contribution in [-0.4, -0.2) is 11.5 Å². The monoisotopic (exact) mass is 300 g/mol. The van der Waals surface area contributed by atoms with E-state index in [2.05, 4.69) is 36.3 Å². The molecule has 0 spiro atoms. The van der Waals surface area contributed by atoms with Crippen molar-refractivity contribution in [1.29, 1.82) is 0 Å². The molecule has 0 saturated heterocycles. The first kappa shape index (κ1) is 17.1. The first-order chi connectivity index (χ1) is 10.8. The summed E-state index contributed by atoms with van der Waals surface area (Å²) in [7, 11) is 0. The number of unbranched alkanes of at least 4 members (excludes halogenated alkanes) is 7. The van der Waals surface area contributed by atoms with Gasteiger partial charge in [0.1, 0.15) is 0 Å². The molecule has 2 heteroatoms. The SMILES string of the molecule is CCCCCCCCCCc1ccc2[nH]cc(CCN)c2c1. The number of aromatic nitrogens is 1. The Morgan fingerprint density at radius 3 is 2.36 bits per heavy atom. The standard InChI is InChI=1S/C20H32N2/c1-2-3-4-5-6-7-8-9-10-17-11-12-20-19(15-17)18(13-14-21)16-22-20/h11-12,15-16,22H,2-10,13-14,21H2,1H3. The summed E-state index contributed by atoms with van der Waals surface area (Å²) in [6, 6.07) is 6.85. The van der Waals surface area contributed by atoms with Crippen LogP contribution in [0.3, 0.4) is 0 Å². The minimum absolute atomic E-state index is 0.717. The molecular formula is C20H32N2. The predicted molar refractivity (Wildman–Crippen MR) is 97.4 cm³/mol. The predicted octanol–water partition coefficient (Wildman–Crippen LogP) is 5.35. The van der Waals surface area contributed by atoms with Crippen LogP contribution in [0.4, 0.5) is 0 Å². The Hall–Kier alpha value is -1.28. The number of H-pyrrole nitrogens is 1. The van der Waals surface area contributed by atoms with E-state index in [0.29, 0.717) is 0 Å². The highest BCUT2D eigenvalue weighted by Gasteiger charge is 2.04. The van der Waals surface area contributed by atoms with Gasteiger partial charge in [0.05, 0.1) is 0 Å². The molecule has 0 fully saturated rings. The van der Waals surface area contributed by atoms with Crippen LogP contribution in [0.5, 0.6) is 0 Å². The van der Waals surface area contributed by atoms with Gasteiger partial charge in [0.15, 0.2) is 0 Å². The molecule has 0 amide bonds. The normalized spacial score (nSPS) is 11.4. The second kappa shape index (κ2) is 9.68. The number of nitrogens with two attached hydrogens (primary N) is 1. The Kier molecular flexibility index (Phi) is 7.51. The van der Waals surface area contributed by atoms with Crippen LogP contribution in [0.25, 0.3) is 10.9 Å². The third-order valence-corrected chi connectivity index (χ3v) is 4.56. The van der Waals surface area contributed by atoms with Gasteiger partial charge in [0, 0.05) is 17.1 Å². The van der Waals surface area contributed by atoms with E-state index in [1.165, 1.54) is 79.8 Å². The van der Waals surface area contributed by atoms with E-state index < -0.39 is 0 Å². The highest BCUT2D eigenvalue weighted by molar-refractivity contribution is 5.83. The Bertz CT molecular complexity index is 542. The van der Waals surface area contributed by atoms with Crippen molar-refractivity contribution in [3.63, 3.8) is 0 Å². The van der Waals surface area contributed by atoms with Crippen LogP contribution < -0.4 is 5.73 Å². The van der Waals surface area contributed by atoms with Crippen LogP contribution >= 0.6 is 0 Å². The summed E-state index contributed by atoms with van der Waals surface area (Å²) in [4.78, 5) is 3.35. The number of benzene rings is 1. The van der Waals surface area contributed by atoms with Crippen molar-refractivity contribution >= 4 is 10.9 Å². The fourth-order valence-electron chi connectivity index (χ4n) is 3.21. The molecule has 1 heterocycles. The van der Waals surface area contributed by atoms with Gasteiger partial charge in [-0.1, -0.05) is 57.9 Å². The summed E-state index contributed by atoms with van der Waals surface area (Å²) in [5.74, 6) is 0. The summed E-state index contributed by atoms with van der Waals surface area (Å²) in [6.45, 7) is 3.00. The molecule has 0 aliphatic heterocycles. The average Bonchev–Trinajstić information content (AvgIpc) is 2.93. The number of nitrogens with one attached hydrogen (secondary N) is 1. The van der Waals surface area contributed by atoms with Gasteiger partial charge >= 0.3 is 0 Å². The fourth-order valence-corrected chi connectivity index (χ4v) is 3.21. The number of hydrogen-bond acceptors (Lipinski definition) is 1. The minimum Gasteiger partial charge on any atom is -0.361 e. The fraction of sp³-hybridized carbons (Fsp3) is 0.600. The molecule has 3 N–H and O–H groups in total. The average molecular weight is 300 g/mol. The van der Waals surface area contributed by atoms with E-state index in [1.807, 2.05) is 0 Å². The lowest BCUT2D eigenvalue weighted by Gasteiger charge is -2.04. The van der Waals surface area contributed by atoms with Gasteiger partial charge in [0.2, 0.25) is 0 Å². The zero-order valence-corrected chi connectivity index (χ0v) is 14.2. The molecule has 1 aromatic heterocycles. The molecule has 2 aromatic rings. The van der Waals surface area contributed by atoms with Crippen molar-refractivity contribution in [3.8, 4) is 0 Å². The van der Waals surface area contributed by atoms with Crippen LogP contribution in [0.2, 0.25) is 0 Å². The zero-order chi connectivity index (χ0) is 15.6. The largest absolute Gasteiger partial charge is 0.361 e. The molecule has 0 saturated carbocycles. The second-order valence-electron chi connectivity index (χ2n) is 6.46. The molecule has 0 radical (unpaired) electrons. The topological polar surface area (TPSA) is 41.8 Å². The molecular weight excluding hydrogens is 268 g/mol. The summed E-state index contributed by atoms with van der Waals surface area (Å²) >= 11 is 0. The zero-order valence-electron chi connectivity index (χ0n) is 14.2. The number of rotatable bonds is 11. The molecule has 2 nitrogen and oxygen atoms in total. The van der Waals surface area contributed by atoms with Crippen LogP contribution in [0.15, 0.2) is 24.4 Å². The maximum absolute atomic E-state index is 5.69. The van der Waals surface area contributed by atoms with Crippen LogP contribution in [0, 0.1) is 0 Å². The highest BCUT2D eigenvalue weighted by atomic mass is 14.7. The molecule has 0 bridgehead atoms. The first-order valence-electron chi connectivity index (χ1n) is 9.14. The smallest absolute Gasteiger partial charge is 0.0456 e. The van der Waals surface area contributed by atoms with Gasteiger partial charge in [-0.2, -0.15) is 0 Å². The number of fused-ring (bicyclic) bond motifs is 1. The van der Waals surface area contributed by atoms with Crippen LogP contribution in [0.1, 0.15) is 69.4 Å². The molecule has 1 aromatic carbocycles. The summed E-state index contributed by atoms with van der Waals surface area (Å²) < 4.78 is 0. The number of aromatic amines is 1. The van der Waals surface area contributed by atoms with Gasteiger partial charge in [-0.05, 0) is 49.1 Å². The van der Waals surface area contributed by atoms with Crippen molar-refractivity contribution in [2.45, 2.75) is 71.1 Å². The summed E-state index contributed by atoms with van der Waals surface area (Å²) in [5.41, 5.74) is 9.76. The molecule has 0 atom stereocenters. The molecule has 122 valence electrons. The molecule has 2 rings (SSSR count). The van der Waals surface area contributed by atoms with Gasteiger partial charge in [0.25, 0.3) is 0 Å². The third kappa shape index (κ3) is 5.17. The van der Waals surface area contributed by atoms with E-state index in [4.69, 9.17) is 5.73 Å². The molecule has 0 aliphatic rings.